The average Bonchev–Trinajstić information content (AvgIpc) is 3.34. The van der Waals surface area contributed by atoms with E-state index in [0.717, 1.165) is 11.6 Å². The summed E-state index contributed by atoms with van der Waals surface area (Å²) < 4.78 is 41.3. The van der Waals surface area contributed by atoms with Gasteiger partial charge in [-0.25, -0.2) is 9.50 Å². The molecule has 0 saturated heterocycles. The van der Waals surface area contributed by atoms with E-state index in [4.69, 9.17) is 0 Å². The number of rotatable bonds is 4. The molecule has 9 heteroatoms. The van der Waals surface area contributed by atoms with Crippen LogP contribution in [0.4, 0.5) is 13.2 Å². The summed E-state index contributed by atoms with van der Waals surface area (Å²) in [5.41, 5.74) is -0.0944. The molecule has 0 radical (unpaired) electrons. The number of hydrogen-bond acceptors (Lipinski definition) is 4. The fraction of sp³-hybridized carbons (Fsp3) is 0.105. The minimum Gasteiger partial charge on any atom is -0.347 e. The molecule has 28 heavy (non-hydrogen) atoms. The van der Waals surface area contributed by atoms with Crippen LogP contribution in [0.3, 0.4) is 0 Å². The summed E-state index contributed by atoms with van der Waals surface area (Å²) >= 11 is 1.28. The number of aromatic nitrogens is 3. The van der Waals surface area contributed by atoms with Crippen LogP contribution >= 0.6 is 11.3 Å². The van der Waals surface area contributed by atoms with E-state index in [1.54, 1.807) is 17.5 Å². The Bertz CT molecular complexity index is 1120. The number of alkyl halides is 3. The molecule has 4 aromatic rings. The SMILES string of the molecule is O=C(NCc1ccccc1)c1cc2nc(-c3cccs3)cc(C(F)(F)F)n2n1. The van der Waals surface area contributed by atoms with E-state index in [2.05, 4.69) is 15.4 Å². The van der Waals surface area contributed by atoms with E-state index in [-0.39, 0.29) is 23.6 Å². The zero-order chi connectivity index (χ0) is 19.7. The van der Waals surface area contributed by atoms with Gasteiger partial charge in [0.1, 0.15) is 0 Å². The number of benzene rings is 1. The molecule has 0 bridgehead atoms. The van der Waals surface area contributed by atoms with Crippen molar-refractivity contribution in [1.82, 2.24) is 19.9 Å². The Kier molecular flexibility index (Phi) is 4.60. The van der Waals surface area contributed by atoms with Crippen LogP contribution in [0.1, 0.15) is 21.7 Å². The molecule has 0 unspecified atom stereocenters. The molecule has 0 aliphatic heterocycles. The lowest BCUT2D eigenvalue weighted by molar-refractivity contribution is -0.142. The molecule has 1 amide bonds. The first-order valence-corrected chi connectivity index (χ1v) is 9.14. The highest BCUT2D eigenvalue weighted by Gasteiger charge is 2.35. The Morgan fingerprint density at radius 2 is 1.89 bits per heavy atom. The molecule has 1 N–H and O–H groups in total. The largest absolute Gasteiger partial charge is 0.433 e. The van der Waals surface area contributed by atoms with Crippen LogP contribution in [-0.2, 0) is 12.7 Å². The van der Waals surface area contributed by atoms with Gasteiger partial charge in [-0.2, -0.15) is 18.3 Å². The zero-order valence-corrected chi connectivity index (χ0v) is 15.1. The van der Waals surface area contributed by atoms with Gasteiger partial charge in [0.2, 0.25) is 0 Å². The lowest BCUT2D eigenvalue weighted by Crippen LogP contribution is -2.23. The fourth-order valence-electron chi connectivity index (χ4n) is 2.71. The molecule has 3 heterocycles. The molecule has 0 aliphatic carbocycles. The van der Waals surface area contributed by atoms with Gasteiger partial charge in [-0.05, 0) is 23.1 Å². The summed E-state index contributed by atoms with van der Waals surface area (Å²) in [6, 6.07) is 14.8. The van der Waals surface area contributed by atoms with E-state index < -0.39 is 17.8 Å². The average molecular weight is 402 g/mol. The summed E-state index contributed by atoms with van der Waals surface area (Å²) in [5, 5.41) is 8.25. The lowest BCUT2D eigenvalue weighted by atomic mass is 10.2. The van der Waals surface area contributed by atoms with Crippen molar-refractivity contribution in [1.29, 1.82) is 0 Å². The van der Waals surface area contributed by atoms with Crippen molar-refractivity contribution in [2.75, 3.05) is 0 Å². The van der Waals surface area contributed by atoms with Gasteiger partial charge in [0.15, 0.2) is 17.0 Å². The highest BCUT2D eigenvalue weighted by molar-refractivity contribution is 7.13. The zero-order valence-electron chi connectivity index (χ0n) is 14.3. The van der Waals surface area contributed by atoms with Gasteiger partial charge in [-0.1, -0.05) is 36.4 Å². The summed E-state index contributed by atoms with van der Waals surface area (Å²) in [5.74, 6) is -0.569. The number of halogens is 3. The first kappa shape index (κ1) is 18.2. The quantitative estimate of drug-likeness (QED) is 0.550. The molecular formula is C19H13F3N4OS. The van der Waals surface area contributed by atoms with Gasteiger partial charge in [0, 0.05) is 12.6 Å². The van der Waals surface area contributed by atoms with E-state index in [1.165, 1.54) is 17.4 Å². The second-order valence-electron chi connectivity index (χ2n) is 5.97. The molecule has 4 rings (SSSR count). The molecule has 5 nitrogen and oxygen atoms in total. The maximum absolute atomic E-state index is 13.5. The van der Waals surface area contributed by atoms with Gasteiger partial charge in [0.05, 0.1) is 10.6 Å². The summed E-state index contributed by atoms with van der Waals surface area (Å²) in [4.78, 5) is 17.2. The minimum atomic E-state index is -4.64. The Morgan fingerprint density at radius 3 is 2.57 bits per heavy atom. The van der Waals surface area contributed by atoms with Crippen LogP contribution in [0.25, 0.3) is 16.2 Å². The molecule has 0 aliphatic rings. The molecule has 0 saturated carbocycles. The summed E-state index contributed by atoms with van der Waals surface area (Å²) in [6.45, 7) is 0.244. The molecule has 1 aromatic carbocycles. The van der Waals surface area contributed by atoms with Crippen molar-refractivity contribution in [2.45, 2.75) is 12.7 Å². The van der Waals surface area contributed by atoms with Crippen LogP contribution in [0.5, 0.6) is 0 Å². The third-order valence-electron chi connectivity index (χ3n) is 4.02. The van der Waals surface area contributed by atoms with Crippen molar-refractivity contribution in [3.8, 4) is 10.6 Å². The lowest BCUT2D eigenvalue weighted by Gasteiger charge is -2.10. The van der Waals surface area contributed by atoms with Crippen LogP contribution in [-0.4, -0.2) is 20.5 Å². The van der Waals surface area contributed by atoms with E-state index >= 15 is 0 Å². The molecule has 0 fully saturated rings. The summed E-state index contributed by atoms with van der Waals surface area (Å²) in [7, 11) is 0. The van der Waals surface area contributed by atoms with E-state index in [9.17, 15) is 18.0 Å². The third-order valence-corrected chi connectivity index (χ3v) is 4.91. The Balaban J connectivity index is 1.70. The fourth-order valence-corrected chi connectivity index (χ4v) is 3.39. The molecule has 142 valence electrons. The standard InChI is InChI=1S/C19H13F3N4OS/c20-19(21,22)16-9-13(15-7-4-8-28-15)24-17-10-14(25-26(16)17)18(27)23-11-12-5-2-1-3-6-12/h1-10H,11H2,(H,23,27). The van der Waals surface area contributed by atoms with Gasteiger partial charge >= 0.3 is 6.18 Å². The third kappa shape index (κ3) is 3.61. The van der Waals surface area contributed by atoms with Crippen molar-refractivity contribution < 1.29 is 18.0 Å². The maximum Gasteiger partial charge on any atom is 0.433 e. The number of nitrogens with one attached hydrogen (secondary N) is 1. The van der Waals surface area contributed by atoms with Gasteiger partial charge in [0.25, 0.3) is 5.91 Å². The number of nitrogens with zero attached hydrogens (tertiary/aromatic N) is 3. The summed E-state index contributed by atoms with van der Waals surface area (Å²) in [6.07, 6.45) is -4.64. The van der Waals surface area contributed by atoms with Gasteiger partial charge in [-0.3, -0.25) is 4.79 Å². The second-order valence-corrected chi connectivity index (χ2v) is 6.92. The first-order chi connectivity index (χ1) is 13.4. The normalized spacial score (nSPS) is 11.7. The Labute approximate surface area is 161 Å². The van der Waals surface area contributed by atoms with Crippen LogP contribution in [0, 0.1) is 0 Å². The number of hydrogen-bond donors (Lipinski definition) is 1. The number of fused-ring (bicyclic) bond motifs is 1. The van der Waals surface area contributed by atoms with Gasteiger partial charge < -0.3 is 5.32 Å². The Hall–Kier alpha value is -3.20. The van der Waals surface area contributed by atoms with Crippen molar-refractivity contribution in [2.24, 2.45) is 0 Å². The highest BCUT2D eigenvalue weighted by Crippen LogP contribution is 2.33. The van der Waals surface area contributed by atoms with E-state index in [0.29, 0.717) is 9.39 Å². The number of thiophene rings is 1. The highest BCUT2D eigenvalue weighted by atomic mass is 32.1. The molecule has 0 spiro atoms. The number of amides is 1. The van der Waals surface area contributed by atoms with Crippen LogP contribution < -0.4 is 5.32 Å². The molecule has 0 atom stereocenters. The van der Waals surface area contributed by atoms with Crippen LogP contribution in [0.2, 0.25) is 0 Å². The smallest absolute Gasteiger partial charge is 0.347 e. The van der Waals surface area contributed by atoms with Crippen molar-refractivity contribution in [3.63, 3.8) is 0 Å². The molecule has 3 aromatic heterocycles. The number of carbonyl (C=O) groups excluding carboxylic acids is 1. The second kappa shape index (κ2) is 7.08. The monoisotopic (exact) mass is 402 g/mol. The minimum absolute atomic E-state index is 0.0388. The van der Waals surface area contributed by atoms with Crippen molar-refractivity contribution in [3.05, 3.63) is 76.9 Å². The topological polar surface area (TPSA) is 59.3 Å². The Morgan fingerprint density at radius 1 is 1.11 bits per heavy atom. The van der Waals surface area contributed by atoms with Crippen LogP contribution in [0.15, 0.2) is 60.0 Å². The predicted molar refractivity (Wildman–Crippen MR) is 98.9 cm³/mol. The first-order valence-electron chi connectivity index (χ1n) is 8.26. The molecular weight excluding hydrogens is 389 g/mol. The van der Waals surface area contributed by atoms with E-state index in [1.807, 2.05) is 30.3 Å². The maximum atomic E-state index is 13.5. The van der Waals surface area contributed by atoms with Gasteiger partial charge in [-0.15, -0.1) is 11.3 Å². The predicted octanol–water partition coefficient (Wildman–Crippen LogP) is 4.41. The number of carbonyl (C=O) groups is 1. The van der Waals surface area contributed by atoms with Crippen molar-refractivity contribution >= 4 is 22.9 Å².